The van der Waals surface area contributed by atoms with Gasteiger partial charge in [-0.2, -0.15) is 0 Å². The lowest BCUT2D eigenvalue weighted by atomic mass is 10.3. The minimum absolute atomic E-state index is 0.00834. The number of nitrogens with one attached hydrogen (secondary N) is 1. The Labute approximate surface area is 126 Å². The van der Waals surface area contributed by atoms with Gasteiger partial charge in [-0.15, -0.1) is 0 Å². The van der Waals surface area contributed by atoms with E-state index in [1.807, 2.05) is 6.07 Å². The average Bonchev–Trinajstić information content (AvgIpc) is 2.53. The summed E-state index contributed by atoms with van der Waals surface area (Å²) in [5, 5.41) is 13.6. The van der Waals surface area contributed by atoms with Crippen LogP contribution in [0.1, 0.15) is 0 Å². The number of hydrogen-bond acceptors (Lipinski definition) is 5. The van der Waals surface area contributed by atoms with Gasteiger partial charge in [-0.1, -0.05) is 18.2 Å². The number of benzene rings is 2. The SMILES string of the molecule is COc1ccc(OCC(=O)Nc2ccccc2)c([N+](=O)[O-])c1. The molecule has 22 heavy (non-hydrogen) atoms. The highest BCUT2D eigenvalue weighted by molar-refractivity contribution is 5.91. The molecule has 0 bridgehead atoms. The molecule has 0 aliphatic heterocycles. The third kappa shape index (κ3) is 3.95. The van der Waals surface area contributed by atoms with Crippen LogP contribution < -0.4 is 14.8 Å². The summed E-state index contributed by atoms with van der Waals surface area (Å²) in [4.78, 5) is 22.2. The van der Waals surface area contributed by atoms with Gasteiger partial charge in [0.25, 0.3) is 5.91 Å². The van der Waals surface area contributed by atoms with Crippen molar-refractivity contribution in [1.82, 2.24) is 0 Å². The molecule has 0 heterocycles. The summed E-state index contributed by atoms with van der Waals surface area (Å²) in [6, 6.07) is 13.0. The quantitative estimate of drug-likeness (QED) is 0.654. The maximum atomic E-state index is 11.8. The van der Waals surface area contributed by atoms with Crippen molar-refractivity contribution in [2.24, 2.45) is 0 Å². The van der Waals surface area contributed by atoms with Gasteiger partial charge in [-0.25, -0.2) is 0 Å². The number of nitro groups is 1. The number of nitrogens with zero attached hydrogens (tertiary/aromatic N) is 1. The molecule has 2 rings (SSSR count). The van der Waals surface area contributed by atoms with E-state index in [1.54, 1.807) is 24.3 Å². The van der Waals surface area contributed by atoms with Gasteiger partial charge in [-0.3, -0.25) is 14.9 Å². The van der Waals surface area contributed by atoms with Crippen LogP contribution in [-0.2, 0) is 4.79 Å². The summed E-state index contributed by atoms with van der Waals surface area (Å²) in [6.45, 7) is -0.331. The third-order valence-electron chi connectivity index (χ3n) is 2.78. The molecule has 7 heteroatoms. The minimum Gasteiger partial charge on any atom is -0.496 e. The molecule has 0 aliphatic rings. The third-order valence-corrected chi connectivity index (χ3v) is 2.78. The van der Waals surface area contributed by atoms with Gasteiger partial charge in [0.05, 0.1) is 18.1 Å². The molecule has 0 saturated carbocycles. The van der Waals surface area contributed by atoms with E-state index in [0.29, 0.717) is 11.4 Å². The largest absolute Gasteiger partial charge is 0.496 e. The number of methoxy groups -OCH3 is 1. The molecule has 0 spiro atoms. The molecule has 0 aliphatic carbocycles. The molecule has 0 unspecified atom stereocenters. The fourth-order valence-corrected chi connectivity index (χ4v) is 1.75. The smallest absolute Gasteiger partial charge is 0.314 e. The Morgan fingerprint density at radius 2 is 1.95 bits per heavy atom. The van der Waals surface area contributed by atoms with E-state index in [4.69, 9.17) is 9.47 Å². The van der Waals surface area contributed by atoms with Gasteiger partial charge in [0, 0.05) is 5.69 Å². The summed E-state index contributed by atoms with van der Waals surface area (Å²) in [7, 11) is 1.41. The molecule has 0 radical (unpaired) electrons. The normalized spacial score (nSPS) is 9.86. The number of ether oxygens (including phenoxy) is 2. The molecule has 2 aromatic rings. The fraction of sp³-hybridized carbons (Fsp3) is 0.133. The summed E-state index contributed by atoms with van der Waals surface area (Å²) in [6.07, 6.45) is 0. The van der Waals surface area contributed by atoms with Crippen molar-refractivity contribution in [3.63, 3.8) is 0 Å². The molecular formula is C15H14N2O5. The number of hydrogen-bond donors (Lipinski definition) is 1. The second-order valence-corrected chi connectivity index (χ2v) is 4.29. The van der Waals surface area contributed by atoms with Crippen LogP contribution in [0.4, 0.5) is 11.4 Å². The zero-order chi connectivity index (χ0) is 15.9. The number of nitro benzene ring substituents is 1. The minimum atomic E-state index is -0.590. The monoisotopic (exact) mass is 302 g/mol. The second kappa shape index (κ2) is 7.07. The fourth-order valence-electron chi connectivity index (χ4n) is 1.75. The number of carbonyl (C=O) groups excluding carboxylic acids is 1. The highest BCUT2D eigenvalue weighted by Crippen LogP contribution is 2.30. The van der Waals surface area contributed by atoms with Crippen LogP contribution in [0, 0.1) is 10.1 Å². The van der Waals surface area contributed by atoms with E-state index in [9.17, 15) is 14.9 Å². The van der Waals surface area contributed by atoms with E-state index < -0.39 is 10.8 Å². The number of rotatable bonds is 6. The lowest BCUT2D eigenvalue weighted by Gasteiger charge is -2.08. The molecule has 2 aromatic carbocycles. The van der Waals surface area contributed by atoms with Gasteiger partial charge in [0.2, 0.25) is 0 Å². The van der Waals surface area contributed by atoms with Crippen molar-refractivity contribution in [2.45, 2.75) is 0 Å². The Balaban J connectivity index is 2.02. The van der Waals surface area contributed by atoms with Crippen LogP contribution >= 0.6 is 0 Å². The van der Waals surface area contributed by atoms with Crippen LogP contribution in [0.5, 0.6) is 11.5 Å². The number of amides is 1. The molecule has 0 saturated heterocycles. The summed E-state index contributed by atoms with van der Waals surface area (Å²) in [5.74, 6) is -0.0573. The maximum Gasteiger partial charge on any atom is 0.314 e. The van der Waals surface area contributed by atoms with Crippen LogP contribution in [0.25, 0.3) is 0 Å². The molecule has 0 atom stereocenters. The average molecular weight is 302 g/mol. The van der Waals surface area contributed by atoms with E-state index >= 15 is 0 Å². The zero-order valence-corrected chi connectivity index (χ0v) is 11.8. The molecule has 114 valence electrons. The molecular weight excluding hydrogens is 288 g/mol. The summed E-state index contributed by atoms with van der Waals surface area (Å²) in [5.41, 5.74) is 0.368. The highest BCUT2D eigenvalue weighted by atomic mass is 16.6. The lowest BCUT2D eigenvalue weighted by molar-refractivity contribution is -0.385. The molecule has 1 amide bonds. The van der Waals surface area contributed by atoms with Crippen LogP contribution in [0.15, 0.2) is 48.5 Å². The van der Waals surface area contributed by atoms with E-state index in [-0.39, 0.29) is 18.0 Å². The lowest BCUT2D eigenvalue weighted by Crippen LogP contribution is -2.20. The van der Waals surface area contributed by atoms with Crippen molar-refractivity contribution < 1.29 is 19.2 Å². The van der Waals surface area contributed by atoms with E-state index in [2.05, 4.69) is 5.32 Å². The first-order valence-electron chi connectivity index (χ1n) is 6.40. The molecule has 0 fully saturated rings. The Hall–Kier alpha value is -3.09. The first kappa shape index (κ1) is 15.3. The standard InChI is InChI=1S/C15H14N2O5/c1-21-12-7-8-14(13(9-12)17(19)20)22-10-15(18)16-11-5-3-2-4-6-11/h2-9H,10H2,1H3,(H,16,18). The molecule has 7 nitrogen and oxygen atoms in total. The Kier molecular flexibility index (Phi) is 4.92. The summed E-state index contributed by atoms with van der Waals surface area (Å²) >= 11 is 0. The van der Waals surface area contributed by atoms with Gasteiger partial charge in [0.1, 0.15) is 5.75 Å². The highest BCUT2D eigenvalue weighted by Gasteiger charge is 2.17. The molecule has 1 N–H and O–H groups in total. The van der Waals surface area contributed by atoms with E-state index in [0.717, 1.165) is 0 Å². The van der Waals surface area contributed by atoms with Crippen LogP contribution in [0.3, 0.4) is 0 Å². The maximum absolute atomic E-state index is 11.8. The second-order valence-electron chi connectivity index (χ2n) is 4.29. The number of carbonyl (C=O) groups is 1. The van der Waals surface area contributed by atoms with Crippen molar-refractivity contribution in [3.8, 4) is 11.5 Å². The zero-order valence-electron chi connectivity index (χ0n) is 11.8. The van der Waals surface area contributed by atoms with Gasteiger partial charge >= 0.3 is 5.69 Å². The van der Waals surface area contributed by atoms with Crippen LogP contribution in [-0.4, -0.2) is 24.5 Å². The number of anilines is 1. The molecule has 0 aromatic heterocycles. The Bertz CT molecular complexity index is 673. The van der Waals surface area contributed by atoms with Gasteiger partial charge in [-0.05, 0) is 24.3 Å². The Morgan fingerprint density at radius 3 is 2.59 bits per heavy atom. The predicted molar refractivity (Wildman–Crippen MR) is 80.2 cm³/mol. The van der Waals surface area contributed by atoms with Crippen molar-refractivity contribution in [3.05, 3.63) is 58.6 Å². The van der Waals surface area contributed by atoms with E-state index in [1.165, 1.54) is 25.3 Å². The summed E-state index contributed by atoms with van der Waals surface area (Å²) < 4.78 is 10.1. The van der Waals surface area contributed by atoms with Crippen LogP contribution in [0.2, 0.25) is 0 Å². The van der Waals surface area contributed by atoms with Crippen molar-refractivity contribution in [2.75, 3.05) is 19.0 Å². The van der Waals surface area contributed by atoms with Gasteiger partial charge in [0.15, 0.2) is 12.4 Å². The van der Waals surface area contributed by atoms with Crippen molar-refractivity contribution >= 4 is 17.3 Å². The van der Waals surface area contributed by atoms with Crippen molar-refractivity contribution in [1.29, 1.82) is 0 Å². The predicted octanol–water partition coefficient (Wildman–Crippen LogP) is 2.62. The first-order valence-corrected chi connectivity index (χ1v) is 6.40. The number of para-hydroxylation sites is 1. The first-order chi connectivity index (χ1) is 10.6. The Morgan fingerprint density at radius 1 is 1.23 bits per heavy atom. The van der Waals surface area contributed by atoms with Gasteiger partial charge < -0.3 is 14.8 Å². The topological polar surface area (TPSA) is 90.7 Å².